The highest BCUT2D eigenvalue weighted by Gasteiger charge is 2.31. The van der Waals surface area contributed by atoms with Crippen molar-refractivity contribution in [2.24, 2.45) is 0 Å². The van der Waals surface area contributed by atoms with Crippen LogP contribution in [-0.2, 0) is 14.6 Å². The van der Waals surface area contributed by atoms with E-state index in [2.05, 4.69) is 10.4 Å². The number of amides is 1. The molecule has 3 rings (SSSR count). The topological polar surface area (TPSA) is 90.3 Å². The first-order chi connectivity index (χ1) is 12.2. The number of benzene rings is 1. The molecule has 140 valence electrons. The van der Waals surface area contributed by atoms with Crippen molar-refractivity contribution in [2.45, 2.75) is 19.4 Å². The van der Waals surface area contributed by atoms with E-state index in [0.29, 0.717) is 33.7 Å². The predicted octanol–water partition coefficient (Wildman–Crippen LogP) is 2.88. The Morgan fingerprint density at radius 3 is 2.85 bits per heavy atom. The summed E-state index contributed by atoms with van der Waals surface area (Å²) in [6, 6.07) is 6.13. The molecule has 1 unspecified atom stereocenters. The van der Waals surface area contributed by atoms with Crippen LogP contribution in [0.15, 0.2) is 24.3 Å². The average Bonchev–Trinajstić information content (AvgIpc) is 3.10. The number of halogens is 2. The van der Waals surface area contributed by atoms with E-state index >= 15 is 0 Å². The van der Waals surface area contributed by atoms with E-state index < -0.39 is 15.7 Å². The summed E-state index contributed by atoms with van der Waals surface area (Å²) in [5, 5.41) is 7.81. The van der Waals surface area contributed by atoms with Crippen molar-refractivity contribution in [3.05, 3.63) is 40.0 Å². The maximum atomic E-state index is 12.2. The molecule has 1 aromatic carbocycles. The third-order valence-corrected chi connectivity index (χ3v) is 6.23. The van der Waals surface area contributed by atoms with Crippen LogP contribution in [0.4, 0.5) is 5.82 Å². The lowest BCUT2D eigenvalue weighted by Crippen LogP contribution is -2.24. The van der Waals surface area contributed by atoms with Crippen molar-refractivity contribution in [3.8, 4) is 5.75 Å². The number of ether oxygens (including phenoxy) is 1. The van der Waals surface area contributed by atoms with E-state index in [9.17, 15) is 13.2 Å². The number of rotatable bonds is 5. The quantitative estimate of drug-likeness (QED) is 0.807. The minimum atomic E-state index is -3.06. The zero-order valence-corrected chi connectivity index (χ0v) is 16.2. The number of aryl methyl sites for hydroxylation is 1. The molecular weight excluding hydrogens is 401 g/mol. The third kappa shape index (κ3) is 4.49. The smallest absolute Gasteiger partial charge is 0.263 e. The molecule has 26 heavy (non-hydrogen) atoms. The number of hydrogen-bond acceptors (Lipinski definition) is 5. The molecule has 10 heteroatoms. The Hall–Kier alpha value is -1.77. The molecule has 1 fully saturated rings. The van der Waals surface area contributed by atoms with Crippen LogP contribution in [0.2, 0.25) is 10.0 Å². The zero-order chi connectivity index (χ0) is 18.9. The summed E-state index contributed by atoms with van der Waals surface area (Å²) in [5.41, 5.74) is 0.684. The standard InChI is InChI=1S/C16H17Cl2N3O4S/c1-10-6-15(21(20-10)12-4-5-26(23,24)9-12)19-16(22)8-25-14-7-11(17)2-3-13(14)18/h2-3,6-7,12H,4-5,8-9H2,1H3,(H,19,22). The van der Waals surface area contributed by atoms with Crippen LogP contribution in [0, 0.1) is 6.92 Å². The van der Waals surface area contributed by atoms with Gasteiger partial charge in [0.05, 0.1) is 28.3 Å². The second-order valence-electron chi connectivity index (χ2n) is 6.08. The molecule has 1 atom stereocenters. The Labute approximate surface area is 161 Å². The number of anilines is 1. The van der Waals surface area contributed by atoms with Crippen LogP contribution in [0.5, 0.6) is 5.75 Å². The van der Waals surface area contributed by atoms with Crippen LogP contribution < -0.4 is 10.1 Å². The third-order valence-electron chi connectivity index (χ3n) is 3.93. The van der Waals surface area contributed by atoms with Gasteiger partial charge < -0.3 is 10.1 Å². The fourth-order valence-electron chi connectivity index (χ4n) is 2.77. The molecule has 1 aromatic heterocycles. The van der Waals surface area contributed by atoms with E-state index in [0.717, 1.165) is 0 Å². The van der Waals surface area contributed by atoms with Crippen molar-refractivity contribution in [2.75, 3.05) is 23.4 Å². The molecule has 7 nitrogen and oxygen atoms in total. The van der Waals surface area contributed by atoms with Gasteiger partial charge in [-0.1, -0.05) is 23.2 Å². The van der Waals surface area contributed by atoms with Gasteiger partial charge in [0.15, 0.2) is 16.4 Å². The summed E-state index contributed by atoms with van der Waals surface area (Å²) in [5.74, 6) is 0.478. The Bertz CT molecular complexity index is 943. The van der Waals surface area contributed by atoms with E-state index in [4.69, 9.17) is 27.9 Å². The van der Waals surface area contributed by atoms with Gasteiger partial charge in [-0.2, -0.15) is 5.10 Å². The molecule has 2 aromatic rings. The summed E-state index contributed by atoms with van der Waals surface area (Å²) < 4.78 is 30.4. The lowest BCUT2D eigenvalue weighted by atomic mass is 10.3. The van der Waals surface area contributed by atoms with Gasteiger partial charge in [-0.25, -0.2) is 13.1 Å². The van der Waals surface area contributed by atoms with E-state index in [1.165, 1.54) is 6.07 Å². The Balaban J connectivity index is 1.67. The first-order valence-electron chi connectivity index (χ1n) is 7.88. The summed E-state index contributed by atoms with van der Waals surface area (Å²) in [6.45, 7) is 1.51. The average molecular weight is 418 g/mol. The molecule has 1 aliphatic heterocycles. The zero-order valence-electron chi connectivity index (χ0n) is 13.9. The monoisotopic (exact) mass is 417 g/mol. The lowest BCUT2D eigenvalue weighted by Gasteiger charge is -2.14. The molecule has 1 N–H and O–H groups in total. The Morgan fingerprint density at radius 2 is 2.15 bits per heavy atom. The highest BCUT2D eigenvalue weighted by atomic mass is 35.5. The molecular formula is C16H17Cl2N3O4S. The number of sulfone groups is 1. The van der Waals surface area contributed by atoms with Crippen LogP contribution in [0.1, 0.15) is 18.2 Å². The van der Waals surface area contributed by atoms with Gasteiger partial charge in [-0.05, 0) is 25.5 Å². The van der Waals surface area contributed by atoms with Gasteiger partial charge in [0.1, 0.15) is 11.6 Å². The van der Waals surface area contributed by atoms with E-state index in [1.807, 2.05) is 0 Å². The lowest BCUT2D eigenvalue weighted by molar-refractivity contribution is -0.118. The predicted molar refractivity (Wildman–Crippen MR) is 99.9 cm³/mol. The SMILES string of the molecule is Cc1cc(NC(=O)COc2cc(Cl)ccc2Cl)n(C2CCS(=O)(=O)C2)n1. The molecule has 2 heterocycles. The molecule has 0 spiro atoms. The van der Waals surface area contributed by atoms with Gasteiger partial charge in [-0.3, -0.25) is 4.79 Å². The maximum absolute atomic E-state index is 12.2. The van der Waals surface area contributed by atoms with Crippen LogP contribution in [-0.4, -0.2) is 42.2 Å². The summed E-state index contributed by atoms with van der Waals surface area (Å²) in [7, 11) is -3.06. The summed E-state index contributed by atoms with van der Waals surface area (Å²) in [6.07, 6.45) is 0.473. The first kappa shape index (κ1) is 19.0. The van der Waals surface area contributed by atoms with Crippen molar-refractivity contribution < 1.29 is 17.9 Å². The highest BCUT2D eigenvalue weighted by Crippen LogP contribution is 2.28. The minimum Gasteiger partial charge on any atom is -0.482 e. The Morgan fingerprint density at radius 1 is 1.38 bits per heavy atom. The van der Waals surface area contributed by atoms with Gasteiger partial charge in [0.2, 0.25) is 0 Å². The number of carbonyl (C=O) groups is 1. The van der Waals surface area contributed by atoms with Crippen molar-refractivity contribution in [1.82, 2.24) is 9.78 Å². The second kappa shape index (κ2) is 7.46. The molecule has 1 saturated heterocycles. The number of nitrogens with one attached hydrogen (secondary N) is 1. The molecule has 0 bridgehead atoms. The molecule has 1 aliphatic rings. The number of carbonyl (C=O) groups excluding carboxylic acids is 1. The van der Waals surface area contributed by atoms with Gasteiger partial charge in [0.25, 0.3) is 5.91 Å². The maximum Gasteiger partial charge on any atom is 0.263 e. The van der Waals surface area contributed by atoms with Crippen LogP contribution in [0.25, 0.3) is 0 Å². The first-order valence-corrected chi connectivity index (χ1v) is 10.5. The van der Waals surface area contributed by atoms with Crippen molar-refractivity contribution in [1.29, 1.82) is 0 Å². The summed E-state index contributed by atoms with van der Waals surface area (Å²) in [4.78, 5) is 12.2. The molecule has 0 radical (unpaired) electrons. The van der Waals surface area contributed by atoms with Crippen LogP contribution in [0.3, 0.4) is 0 Å². The molecule has 0 saturated carbocycles. The number of nitrogens with zero attached hydrogens (tertiary/aromatic N) is 2. The van der Waals surface area contributed by atoms with Crippen LogP contribution >= 0.6 is 23.2 Å². The molecule has 1 amide bonds. The highest BCUT2D eigenvalue weighted by molar-refractivity contribution is 7.91. The fraction of sp³-hybridized carbons (Fsp3) is 0.375. The second-order valence-corrected chi connectivity index (χ2v) is 9.16. The van der Waals surface area contributed by atoms with Gasteiger partial charge in [0, 0.05) is 17.2 Å². The van der Waals surface area contributed by atoms with E-state index in [1.54, 1.807) is 29.8 Å². The fourth-order valence-corrected chi connectivity index (χ4v) is 4.79. The normalized spacial score (nSPS) is 18.7. The van der Waals surface area contributed by atoms with Crippen molar-refractivity contribution >= 4 is 44.8 Å². The molecule has 0 aliphatic carbocycles. The minimum absolute atomic E-state index is 0.0195. The summed E-state index contributed by atoms with van der Waals surface area (Å²) >= 11 is 11.9. The Kier molecular flexibility index (Phi) is 5.45. The van der Waals surface area contributed by atoms with Gasteiger partial charge in [-0.15, -0.1) is 0 Å². The largest absolute Gasteiger partial charge is 0.482 e. The number of aromatic nitrogens is 2. The van der Waals surface area contributed by atoms with Crippen molar-refractivity contribution in [3.63, 3.8) is 0 Å². The number of hydrogen-bond donors (Lipinski definition) is 1. The van der Waals surface area contributed by atoms with Gasteiger partial charge >= 0.3 is 0 Å². The van der Waals surface area contributed by atoms with E-state index in [-0.39, 0.29) is 24.2 Å².